The molecule has 13 heteroatoms. The van der Waals surface area contributed by atoms with Crippen molar-refractivity contribution in [2.24, 2.45) is 0 Å². The summed E-state index contributed by atoms with van der Waals surface area (Å²) in [6, 6.07) is 0. The Balaban J connectivity index is 2.24. The van der Waals surface area contributed by atoms with Gasteiger partial charge in [-0.15, -0.1) is 0 Å². The fourth-order valence-corrected chi connectivity index (χ4v) is 2.50. The van der Waals surface area contributed by atoms with E-state index >= 15 is 0 Å². The van der Waals surface area contributed by atoms with Crippen molar-refractivity contribution in [3.8, 4) is 0 Å². The van der Waals surface area contributed by atoms with Gasteiger partial charge in [-0.3, -0.25) is 4.55 Å². The minimum atomic E-state index is -6.25. The number of halogens is 4. The van der Waals surface area contributed by atoms with Crippen LogP contribution in [0.1, 0.15) is 32.1 Å². The van der Waals surface area contributed by atoms with Crippen LogP contribution in [0.5, 0.6) is 0 Å². The molecule has 0 amide bonds. The first-order valence-electron chi connectivity index (χ1n) is 7.80. The molecule has 1 aliphatic rings. The molecule has 1 fully saturated rings. The molecule has 158 valence electrons. The van der Waals surface area contributed by atoms with Gasteiger partial charge < -0.3 is 19.3 Å². The van der Waals surface area contributed by atoms with Crippen molar-refractivity contribution in [1.82, 2.24) is 0 Å². The number of rotatable bonds is 11. The van der Waals surface area contributed by atoms with Gasteiger partial charge in [0, 0.05) is 25.9 Å². The van der Waals surface area contributed by atoms with Gasteiger partial charge in [0.1, 0.15) is 0 Å². The van der Waals surface area contributed by atoms with Gasteiger partial charge in [0.15, 0.2) is 6.29 Å². The maximum Gasteiger partial charge on any atom is 0.431 e. The highest BCUT2D eigenvalue weighted by Gasteiger charge is 2.64. The summed E-state index contributed by atoms with van der Waals surface area (Å²) >= 11 is 0. The van der Waals surface area contributed by atoms with Crippen LogP contribution in [-0.2, 0) is 29.1 Å². The van der Waals surface area contributed by atoms with Crippen LogP contribution < -0.4 is 0 Å². The summed E-state index contributed by atoms with van der Waals surface area (Å²) in [5, 5.41) is 3.53. The van der Waals surface area contributed by atoms with E-state index in [2.05, 4.69) is 6.58 Å². The standard InChI is InChI=1S/C14H20F4O8S/c1-9(12(20)26-11-5-4-10(19)25-11)8-24-7-3-2-6-13(15,16)14(17,18)27(21,22)23/h10-11,19H,1-8H2,(H,21,22,23). The van der Waals surface area contributed by atoms with Gasteiger partial charge in [0.25, 0.3) is 0 Å². The summed E-state index contributed by atoms with van der Waals surface area (Å²) in [5.41, 5.74) is -0.108. The number of aliphatic hydroxyl groups is 1. The smallest absolute Gasteiger partial charge is 0.431 e. The first-order chi connectivity index (χ1) is 12.3. The van der Waals surface area contributed by atoms with E-state index in [0.29, 0.717) is 12.8 Å². The van der Waals surface area contributed by atoms with Crippen LogP contribution in [0.3, 0.4) is 0 Å². The van der Waals surface area contributed by atoms with Crippen LogP contribution in [0.25, 0.3) is 0 Å². The highest BCUT2D eigenvalue weighted by atomic mass is 32.2. The van der Waals surface area contributed by atoms with Crippen molar-refractivity contribution in [3.63, 3.8) is 0 Å². The van der Waals surface area contributed by atoms with E-state index in [1.54, 1.807) is 0 Å². The molecular formula is C14H20F4O8S. The molecule has 0 saturated carbocycles. The molecule has 0 aliphatic carbocycles. The van der Waals surface area contributed by atoms with Crippen LogP contribution in [0, 0.1) is 0 Å². The fraction of sp³-hybridized carbons (Fsp3) is 0.786. The summed E-state index contributed by atoms with van der Waals surface area (Å²) in [6.45, 7) is 2.89. The minimum Gasteiger partial charge on any atom is -0.432 e. The van der Waals surface area contributed by atoms with E-state index in [4.69, 9.17) is 23.9 Å². The zero-order valence-electron chi connectivity index (χ0n) is 14.1. The molecule has 2 unspecified atom stereocenters. The second-order valence-corrected chi connectivity index (χ2v) is 7.28. The molecule has 0 aromatic rings. The number of unbranched alkanes of at least 4 members (excludes halogenated alkanes) is 1. The Hall–Kier alpha value is -1.28. The van der Waals surface area contributed by atoms with Crippen molar-refractivity contribution in [2.75, 3.05) is 13.2 Å². The lowest BCUT2D eigenvalue weighted by atomic mass is 10.1. The van der Waals surface area contributed by atoms with Gasteiger partial charge in [-0.25, -0.2) is 4.79 Å². The zero-order chi connectivity index (χ0) is 20.9. The molecule has 2 N–H and O–H groups in total. The first-order valence-corrected chi connectivity index (χ1v) is 9.24. The highest BCUT2D eigenvalue weighted by Crippen LogP contribution is 2.41. The Kier molecular flexibility index (Phi) is 8.16. The van der Waals surface area contributed by atoms with Crippen LogP contribution in [0.15, 0.2) is 12.2 Å². The van der Waals surface area contributed by atoms with E-state index < -0.39 is 52.7 Å². The van der Waals surface area contributed by atoms with Crippen molar-refractivity contribution < 1.29 is 54.6 Å². The number of ether oxygens (including phenoxy) is 3. The molecule has 1 heterocycles. The molecule has 2 atom stereocenters. The molecule has 27 heavy (non-hydrogen) atoms. The largest absolute Gasteiger partial charge is 0.432 e. The maximum atomic E-state index is 13.2. The molecule has 0 radical (unpaired) electrons. The lowest BCUT2D eigenvalue weighted by Crippen LogP contribution is -2.46. The Bertz CT molecular complexity index is 637. The number of aliphatic hydroxyl groups excluding tert-OH is 1. The molecule has 8 nitrogen and oxygen atoms in total. The van der Waals surface area contributed by atoms with Crippen LogP contribution >= 0.6 is 0 Å². The number of hydrogen-bond acceptors (Lipinski definition) is 7. The van der Waals surface area contributed by atoms with Gasteiger partial charge in [0.05, 0.1) is 12.2 Å². The highest BCUT2D eigenvalue weighted by molar-refractivity contribution is 7.87. The topological polar surface area (TPSA) is 119 Å². The number of alkyl halides is 4. The first kappa shape index (κ1) is 23.8. The molecule has 1 saturated heterocycles. The third-order valence-corrected chi connectivity index (χ3v) is 4.49. The SMILES string of the molecule is C=C(COCCCCC(F)(F)C(F)(F)S(=O)(=O)O)C(=O)OC1CCC(O)O1. The lowest BCUT2D eigenvalue weighted by Gasteiger charge is -2.23. The van der Waals surface area contributed by atoms with Crippen molar-refractivity contribution in [2.45, 2.75) is 55.9 Å². The Morgan fingerprint density at radius 1 is 1.22 bits per heavy atom. The number of carbonyl (C=O) groups excluding carboxylic acids is 1. The van der Waals surface area contributed by atoms with Crippen molar-refractivity contribution in [3.05, 3.63) is 12.2 Å². The second-order valence-electron chi connectivity index (χ2n) is 5.81. The van der Waals surface area contributed by atoms with E-state index in [0.717, 1.165) is 0 Å². The maximum absolute atomic E-state index is 13.2. The van der Waals surface area contributed by atoms with Gasteiger partial charge in [-0.05, 0) is 12.8 Å². The van der Waals surface area contributed by atoms with Crippen LogP contribution in [0.2, 0.25) is 0 Å². The van der Waals surface area contributed by atoms with E-state index in [1.165, 1.54) is 0 Å². The molecule has 0 aromatic heterocycles. The van der Waals surface area contributed by atoms with Crippen LogP contribution in [-0.4, -0.2) is 61.0 Å². The van der Waals surface area contributed by atoms with Gasteiger partial charge in [-0.1, -0.05) is 6.58 Å². The summed E-state index contributed by atoms with van der Waals surface area (Å²) in [7, 11) is -6.25. The fourth-order valence-electron chi connectivity index (χ4n) is 2.02. The summed E-state index contributed by atoms with van der Waals surface area (Å²) < 4.78 is 96.0. The average Bonchev–Trinajstić information content (AvgIpc) is 2.94. The summed E-state index contributed by atoms with van der Waals surface area (Å²) in [5.74, 6) is -5.78. The minimum absolute atomic E-state index is 0.108. The summed E-state index contributed by atoms with van der Waals surface area (Å²) in [6.07, 6.45) is -3.46. The normalized spacial score (nSPS) is 21.3. The molecule has 0 aromatic carbocycles. The zero-order valence-corrected chi connectivity index (χ0v) is 14.9. The van der Waals surface area contributed by atoms with Gasteiger partial charge >= 0.3 is 27.3 Å². The Morgan fingerprint density at radius 3 is 2.37 bits per heavy atom. The van der Waals surface area contributed by atoms with E-state index in [-0.39, 0.29) is 25.2 Å². The monoisotopic (exact) mass is 424 g/mol. The summed E-state index contributed by atoms with van der Waals surface area (Å²) in [4.78, 5) is 11.6. The number of carbonyl (C=O) groups is 1. The van der Waals surface area contributed by atoms with E-state index in [1.807, 2.05) is 0 Å². The predicted molar refractivity (Wildman–Crippen MR) is 81.5 cm³/mol. The van der Waals surface area contributed by atoms with E-state index in [9.17, 15) is 30.8 Å². The number of esters is 1. The molecule has 1 aliphatic heterocycles. The number of hydrogen-bond donors (Lipinski definition) is 2. The molecule has 0 bridgehead atoms. The van der Waals surface area contributed by atoms with Crippen molar-refractivity contribution >= 4 is 16.1 Å². The Labute approximate surface area is 152 Å². The van der Waals surface area contributed by atoms with Gasteiger partial charge in [-0.2, -0.15) is 26.0 Å². The predicted octanol–water partition coefficient (Wildman–Crippen LogP) is 1.84. The Morgan fingerprint density at radius 2 is 1.85 bits per heavy atom. The molecular weight excluding hydrogens is 404 g/mol. The third kappa shape index (κ3) is 6.68. The average molecular weight is 424 g/mol. The quantitative estimate of drug-likeness (QED) is 0.170. The molecule has 1 rings (SSSR count). The van der Waals surface area contributed by atoms with Crippen molar-refractivity contribution in [1.29, 1.82) is 0 Å². The lowest BCUT2D eigenvalue weighted by molar-refractivity contribution is -0.193. The third-order valence-electron chi connectivity index (χ3n) is 3.54. The second kappa shape index (κ2) is 9.28. The van der Waals surface area contributed by atoms with Crippen LogP contribution in [0.4, 0.5) is 17.6 Å². The van der Waals surface area contributed by atoms with Gasteiger partial charge in [0.2, 0.25) is 6.29 Å². The molecule has 0 spiro atoms.